The minimum Gasteiger partial charge on any atom is -0.387 e. The number of rotatable bonds is 11. The number of aromatic nitrogens is 3. The molecule has 0 fully saturated rings. The van der Waals surface area contributed by atoms with Crippen LogP contribution in [0.4, 0.5) is 11.4 Å². The van der Waals surface area contributed by atoms with Gasteiger partial charge in [0.2, 0.25) is 0 Å². The Morgan fingerprint density at radius 1 is 0.826 bits per heavy atom. The summed E-state index contributed by atoms with van der Waals surface area (Å²) in [6.45, 7) is 2.83. The number of nitrogens with one attached hydrogen (secondary N) is 3. The zero-order chi connectivity index (χ0) is 32.6. The first kappa shape index (κ1) is 31.5. The molecule has 5 rings (SSSR count). The number of aryl methyl sites for hydroxylation is 2. The molecule has 0 saturated heterocycles. The summed E-state index contributed by atoms with van der Waals surface area (Å²) in [6, 6.07) is 20.5. The number of pyridine rings is 1. The van der Waals surface area contributed by atoms with Gasteiger partial charge in [0.05, 0.1) is 22.7 Å². The normalized spacial score (nSPS) is 11.6. The van der Waals surface area contributed by atoms with Gasteiger partial charge < -0.3 is 30.8 Å². The third kappa shape index (κ3) is 7.75. The average Bonchev–Trinajstić information content (AvgIpc) is 3.60. The predicted molar refractivity (Wildman–Crippen MR) is 183 cm³/mol. The van der Waals surface area contributed by atoms with E-state index in [-0.39, 0.29) is 17.7 Å². The minimum absolute atomic E-state index is 0.289. The van der Waals surface area contributed by atoms with E-state index in [0.29, 0.717) is 53.7 Å². The van der Waals surface area contributed by atoms with Crippen molar-refractivity contribution in [1.82, 2.24) is 19.4 Å². The number of carbonyl (C=O) groups excluding carboxylic acids is 3. The molecule has 0 spiro atoms. The second-order valence-corrected chi connectivity index (χ2v) is 10.7. The zero-order valence-electron chi connectivity index (χ0n) is 25.9. The number of nitrogens with two attached hydrogens (primary N) is 1. The van der Waals surface area contributed by atoms with Gasteiger partial charge in [-0.05, 0) is 54.4 Å². The number of anilines is 2. The molecule has 3 amide bonds. The average molecular weight is 617 g/mol. The number of fused-ring (bicyclic) bond motifs is 1. The summed E-state index contributed by atoms with van der Waals surface area (Å²) in [5, 5.41) is 9.56. The Bertz CT molecular complexity index is 1950. The molecule has 11 heteroatoms. The van der Waals surface area contributed by atoms with Gasteiger partial charge in [0, 0.05) is 63.1 Å². The van der Waals surface area contributed by atoms with E-state index in [2.05, 4.69) is 32.0 Å². The molecule has 0 radical (unpaired) electrons. The number of amidine groups is 1. The molecule has 234 valence electrons. The molecule has 0 aliphatic rings. The van der Waals surface area contributed by atoms with Crippen LogP contribution in [0.1, 0.15) is 55.8 Å². The van der Waals surface area contributed by atoms with Gasteiger partial charge in [-0.1, -0.05) is 42.5 Å². The van der Waals surface area contributed by atoms with Gasteiger partial charge in [-0.25, -0.2) is 0 Å². The fraction of sp³-hybridized carbons (Fsp3) is 0.171. The van der Waals surface area contributed by atoms with Crippen LogP contribution in [0.2, 0.25) is 0 Å². The second kappa shape index (κ2) is 14.2. The molecule has 46 heavy (non-hydrogen) atoms. The van der Waals surface area contributed by atoms with Crippen LogP contribution in [0.25, 0.3) is 23.1 Å². The Morgan fingerprint density at radius 3 is 2.15 bits per heavy atom. The first-order valence-electron chi connectivity index (χ1n) is 14.9. The summed E-state index contributed by atoms with van der Waals surface area (Å²) in [4.78, 5) is 47.2. The molecular weight excluding hydrogens is 580 g/mol. The quantitative estimate of drug-likeness (QED) is 0.121. The third-order valence-electron chi connectivity index (χ3n) is 7.27. The van der Waals surface area contributed by atoms with Crippen LogP contribution in [0, 0.1) is 0 Å². The van der Waals surface area contributed by atoms with Gasteiger partial charge in [-0.2, -0.15) is 0 Å². The van der Waals surface area contributed by atoms with E-state index in [4.69, 9.17) is 5.73 Å². The molecule has 0 aliphatic heterocycles. The van der Waals surface area contributed by atoms with Gasteiger partial charge in [0.25, 0.3) is 17.7 Å². The molecule has 3 heterocycles. The molecule has 0 unspecified atom stereocenters. The fourth-order valence-corrected chi connectivity index (χ4v) is 4.91. The lowest BCUT2D eigenvalue weighted by Crippen LogP contribution is -2.29. The minimum atomic E-state index is -0.387. The molecule has 2 aromatic carbocycles. The highest BCUT2D eigenvalue weighted by atomic mass is 16.2. The number of hydrogen-bond donors (Lipinski definition) is 4. The van der Waals surface area contributed by atoms with Crippen molar-refractivity contribution in [3.05, 3.63) is 113 Å². The van der Waals surface area contributed by atoms with Crippen molar-refractivity contribution < 1.29 is 14.4 Å². The molecule has 0 aliphatic carbocycles. The second-order valence-electron chi connectivity index (χ2n) is 10.7. The number of amides is 3. The van der Waals surface area contributed by atoms with Crippen molar-refractivity contribution in [1.29, 1.82) is 0 Å². The Kier molecular flexibility index (Phi) is 9.72. The molecule has 0 atom stereocenters. The van der Waals surface area contributed by atoms with Crippen molar-refractivity contribution in [3.8, 4) is 0 Å². The van der Waals surface area contributed by atoms with E-state index < -0.39 is 0 Å². The summed E-state index contributed by atoms with van der Waals surface area (Å²) in [5.74, 6) is -0.490. The van der Waals surface area contributed by atoms with Crippen LogP contribution >= 0.6 is 0 Å². The SMILES string of the molecule is CC/N=C(\N)CCNC(=O)c1cc(NC(=O)c2cc(NC(=O)c3ccc(/C=C/c4cnc5ccccc5c4)cc3)cn2C)cn1C. The van der Waals surface area contributed by atoms with Gasteiger partial charge in [-0.3, -0.25) is 24.4 Å². The maximum atomic E-state index is 13.1. The molecular formula is C35H36N8O3. The highest BCUT2D eigenvalue weighted by Crippen LogP contribution is 2.19. The molecule has 5 aromatic rings. The van der Waals surface area contributed by atoms with E-state index in [1.807, 2.05) is 61.7 Å². The zero-order valence-corrected chi connectivity index (χ0v) is 25.9. The summed E-state index contributed by atoms with van der Waals surface area (Å²) in [6.07, 6.45) is 9.56. The van der Waals surface area contributed by atoms with Crippen LogP contribution < -0.4 is 21.7 Å². The maximum absolute atomic E-state index is 13.1. The van der Waals surface area contributed by atoms with Crippen molar-refractivity contribution in [2.75, 3.05) is 23.7 Å². The Balaban J connectivity index is 1.17. The lowest BCUT2D eigenvalue weighted by atomic mass is 10.1. The highest BCUT2D eigenvalue weighted by Gasteiger charge is 2.17. The van der Waals surface area contributed by atoms with E-state index in [9.17, 15) is 14.4 Å². The number of hydrogen-bond acceptors (Lipinski definition) is 5. The van der Waals surface area contributed by atoms with Gasteiger partial charge >= 0.3 is 0 Å². The molecule has 11 nitrogen and oxygen atoms in total. The molecule has 0 bridgehead atoms. The van der Waals surface area contributed by atoms with Crippen molar-refractivity contribution in [2.24, 2.45) is 24.8 Å². The molecule has 0 saturated carbocycles. The lowest BCUT2D eigenvalue weighted by molar-refractivity contribution is 0.0945. The standard InChI is InChI=1S/C35H36N8O3/c1-4-37-32(36)15-16-38-34(45)30-18-28(22-42(30)2)41-35(46)31-19-27(21-43(31)3)40-33(44)25-13-11-23(12-14-25)9-10-24-17-26-7-5-6-8-29(26)39-20-24/h5-14,17-22H,4,15-16H2,1-3H3,(H2,36,37)(H,38,45)(H,40,44)(H,41,46)/b10-9+. The first-order chi connectivity index (χ1) is 22.2. The third-order valence-corrected chi connectivity index (χ3v) is 7.27. The number of aliphatic imine (C=N–C) groups is 1. The Hall–Kier alpha value is -5.97. The van der Waals surface area contributed by atoms with Crippen molar-refractivity contribution in [2.45, 2.75) is 13.3 Å². The summed E-state index contributed by atoms with van der Waals surface area (Å²) in [7, 11) is 3.44. The fourth-order valence-electron chi connectivity index (χ4n) is 4.91. The smallest absolute Gasteiger partial charge is 0.272 e. The topological polar surface area (TPSA) is 148 Å². The maximum Gasteiger partial charge on any atom is 0.272 e. The number of nitrogens with zero attached hydrogens (tertiary/aromatic N) is 4. The van der Waals surface area contributed by atoms with Crippen LogP contribution in [0.15, 0.2) is 90.3 Å². The van der Waals surface area contributed by atoms with Crippen LogP contribution in [-0.4, -0.2) is 50.8 Å². The molecule has 3 aromatic heterocycles. The van der Waals surface area contributed by atoms with Crippen LogP contribution in [-0.2, 0) is 14.1 Å². The Labute approximate surface area is 266 Å². The van der Waals surface area contributed by atoms with Gasteiger partial charge in [-0.15, -0.1) is 0 Å². The van der Waals surface area contributed by atoms with Crippen LogP contribution in [0.5, 0.6) is 0 Å². The van der Waals surface area contributed by atoms with Crippen molar-refractivity contribution >= 4 is 58.0 Å². The van der Waals surface area contributed by atoms with E-state index in [0.717, 1.165) is 22.0 Å². The number of para-hydroxylation sites is 1. The summed E-state index contributed by atoms with van der Waals surface area (Å²) in [5.41, 5.74) is 10.8. The largest absolute Gasteiger partial charge is 0.387 e. The van der Waals surface area contributed by atoms with Crippen molar-refractivity contribution in [3.63, 3.8) is 0 Å². The van der Waals surface area contributed by atoms with E-state index in [1.54, 1.807) is 59.9 Å². The van der Waals surface area contributed by atoms with Gasteiger partial charge in [0.15, 0.2) is 0 Å². The first-order valence-corrected chi connectivity index (χ1v) is 14.9. The number of carbonyl (C=O) groups is 3. The highest BCUT2D eigenvalue weighted by molar-refractivity contribution is 6.07. The summed E-state index contributed by atoms with van der Waals surface area (Å²) >= 11 is 0. The monoisotopic (exact) mass is 616 g/mol. The Morgan fingerprint density at radius 2 is 1.46 bits per heavy atom. The number of benzene rings is 2. The summed E-state index contributed by atoms with van der Waals surface area (Å²) < 4.78 is 3.26. The van der Waals surface area contributed by atoms with Gasteiger partial charge in [0.1, 0.15) is 11.4 Å². The molecule has 5 N–H and O–H groups in total. The van der Waals surface area contributed by atoms with E-state index in [1.165, 1.54) is 0 Å². The van der Waals surface area contributed by atoms with E-state index >= 15 is 0 Å². The van der Waals surface area contributed by atoms with Crippen LogP contribution in [0.3, 0.4) is 0 Å². The lowest BCUT2D eigenvalue weighted by Gasteiger charge is -2.05. The predicted octanol–water partition coefficient (Wildman–Crippen LogP) is 5.08.